The van der Waals surface area contributed by atoms with Crippen LogP contribution < -0.4 is 0 Å². The fourth-order valence-corrected chi connectivity index (χ4v) is 3.14. The Balaban J connectivity index is 0.000000336. The van der Waals surface area contributed by atoms with E-state index >= 15 is 0 Å². The molecule has 0 nitrogen and oxygen atoms in total. The molecule has 0 fully saturated rings. The van der Waals surface area contributed by atoms with Crippen LogP contribution in [-0.4, -0.2) is 21.1 Å². The first kappa shape index (κ1) is 14.5. The van der Waals surface area contributed by atoms with Crippen molar-refractivity contribution in [2.75, 3.05) is 0 Å². The van der Waals surface area contributed by atoms with E-state index in [1.165, 1.54) is 0 Å². The van der Waals surface area contributed by atoms with Crippen LogP contribution in [0.3, 0.4) is 0 Å². The van der Waals surface area contributed by atoms with Gasteiger partial charge in [0.15, 0.2) is 0 Å². The van der Waals surface area contributed by atoms with Gasteiger partial charge in [-0.2, -0.15) is 0 Å². The third-order valence-corrected chi connectivity index (χ3v) is 6.15. The standard InChI is InChI=1S/C10H10.2C2H5.Sn.2H/c1-3-9-5-7-10(4-2)8-6-9;2*1-2;;;/h3-8H,1-2H2;2*1H2,2H3;;;. The Bertz CT molecular complexity index is 243. The molecule has 1 aromatic rings. The van der Waals surface area contributed by atoms with Gasteiger partial charge in [-0.25, -0.2) is 0 Å². The summed E-state index contributed by atoms with van der Waals surface area (Å²) >= 11 is -0.0578. The van der Waals surface area contributed by atoms with E-state index in [-0.39, 0.29) is 21.1 Å². The zero-order chi connectivity index (χ0) is 11.5. The van der Waals surface area contributed by atoms with Gasteiger partial charge in [0.1, 0.15) is 0 Å². The van der Waals surface area contributed by atoms with Crippen LogP contribution in [-0.2, 0) is 0 Å². The molecule has 0 radical (unpaired) electrons. The van der Waals surface area contributed by atoms with Crippen molar-refractivity contribution < 1.29 is 0 Å². The van der Waals surface area contributed by atoms with Crippen molar-refractivity contribution in [2.45, 2.75) is 22.7 Å². The second-order valence-corrected chi connectivity index (χ2v) is 11.2. The fraction of sp³-hybridized carbons (Fsp3) is 0.286. The van der Waals surface area contributed by atoms with E-state index in [9.17, 15) is 0 Å². The summed E-state index contributed by atoms with van der Waals surface area (Å²) in [6, 6.07) is 8.07. The Labute approximate surface area is 104 Å². The molecule has 82 valence electrons. The van der Waals surface area contributed by atoms with Crippen LogP contribution in [0, 0.1) is 0 Å². The van der Waals surface area contributed by atoms with Crippen molar-refractivity contribution in [3.8, 4) is 0 Å². The molecule has 0 amide bonds. The predicted molar refractivity (Wildman–Crippen MR) is 76.1 cm³/mol. The van der Waals surface area contributed by atoms with Gasteiger partial charge in [-0.1, -0.05) is 49.6 Å². The van der Waals surface area contributed by atoms with Crippen LogP contribution in [0.15, 0.2) is 37.4 Å². The van der Waals surface area contributed by atoms with E-state index in [0.717, 1.165) is 11.1 Å². The molecule has 0 N–H and O–H groups in total. The summed E-state index contributed by atoms with van der Waals surface area (Å²) in [7, 11) is 0. The van der Waals surface area contributed by atoms with Crippen LogP contribution in [0.5, 0.6) is 0 Å². The fourth-order valence-electron chi connectivity index (χ4n) is 1.12. The summed E-state index contributed by atoms with van der Waals surface area (Å²) in [5, 5.41) is 0. The molecule has 0 unspecified atom stereocenters. The van der Waals surface area contributed by atoms with Crippen molar-refractivity contribution in [3.05, 3.63) is 48.6 Å². The first-order valence-electron chi connectivity index (χ1n) is 5.63. The zero-order valence-corrected chi connectivity index (χ0v) is 14.0. The van der Waals surface area contributed by atoms with Crippen LogP contribution in [0.4, 0.5) is 0 Å². The third-order valence-electron chi connectivity index (χ3n) is 2.11. The molecule has 0 aliphatic heterocycles. The Morgan fingerprint density at radius 3 is 1.40 bits per heavy atom. The number of rotatable bonds is 4. The van der Waals surface area contributed by atoms with Crippen molar-refractivity contribution >= 4 is 33.3 Å². The van der Waals surface area contributed by atoms with Gasteiger partial charge < -0.3 is 0 Å². The Hall–Kier alpha value is -0.501. The summed E-state index contributed by atoms with van der Waals surface area (Å²) in [5.41, 5.74) is 2.29. The molecule has 0 bridgehead atoms. The van der Waals surface area contributed by atoms with E-state index < -0.39 is 0 Å². The molecular weight excluding hydrogens is 287 g/mol. The average Bonchev–Trinajstić information content (AvgIpc) is 2.31. The topological polar surface area (TPSA) is 0 Å². The predicted octanol–water partition coefficient (Wildman–Crippen LogP) is 4.00. The zero-order valence-electron chi connectivity index (χ0n) is 10.00. The van der Waals surface area contributed by atoms with E-state index in [2.05, 4.69) is 27.0 Å². The van der Waals surface area contributed by atoms with Gasteiger partial charge in [-0.15, -0.1) is 0 Å². The monoisotopic (exact) mass is 310 g/mol. The second-order valence-electron chi connectivity index (χ2n) is 3.43. The van der Waals surface area contributed by atoms with Crippen molar-refractivity contribution in [3.63, 3.8) is 0 Å². The van der Waals surface area contributed by atoms with E-state index in [4.69, 9.17) is 0 Å². The molecule has 15 heavy (non-hydrogen) atoms. The molecular formula is C14H22Sn. The maximum absolute atomic E-state index is 3.66. The number of hydrogen-bond donors (Lipinski definition) is 0. The van der Waals surface area contributed by atoms with Gasteiger partial charge in [0.05, 0.1) is 0 Å². The summed E-state index contributed by atoms with van der Waals surface area (Å²) in [5.74, 6) is 0. The average molecular weight is 309 g/mol. The van der Waals surface area contributed by atoms with Gasteiger partial charge >= 0.3 is 43.9 Å². The normalized spacial score (nSPS) is 8.67. The molecule has 0 heterocycles. The van der Waals surface area contributed by atoms with Gasteiger partial charge in [0.25, 0.3) is 0 Å². The molecule has 0 aliphatic carbocycles. The molecule has 0 aliphatic rings. The van der Waals surface area contributed by atoms with Gasteiger partial charge in [-0.05, 0) is 11.1 Å². The van der Waals surface area contributed by atoms with Crippen LogP contribution >= 0.6 is 0 Å². The molecule has 1 heteroatoms. The third kappa shape index (κ3) is 7.43. The number of hydrogen-bond acceptors (Lipinski definition) is 0. The maximum atomic E-state index is 3.66. The summed E-state index contributed by atoms with van der Waals surface area (Å²) in [6.07, 6.45) is 3.65. The molecule has 0 saturated heterocycles. The van der Waals surface area contributed by atoms with Crippen LogP contribution in [0.1, 0.15) is 25.0 Å². The van der Waals surface area contributed by atoms with Gasteiger partial charge in [0.2, 0.25) is 0 Å². The molecule has 0 spiro atoms. The molecule has 0 aromatic heterocycles. The summed E-state index contributed by atoms with van der Waals surface area (Å²) in [4.78, 5) is 0. The summed E-state index contributed by atoms with van der Waals surface area (Å²) < 4.78 is 3.11. The van der Waals surface area contributed by atoms with E-state index in [1.807, 2.05) is 36.4 Å². The molecule has 1 rings (SSSR count). The van der Waals surface area contributed by atoms with Crippen LogP contribution in [0.25, 0.3) is 12.2 Å². The summed E-state index contributed by atoms with van der Waals surface area (Å²) in [6.45, 7) is 11.9. The SMILES string of the molecule is C=Cc1ccc(C=C)cc1.C[CH2][SnH2][CH2]C. The minimum absolute atomic E-state index is 0.0578. The number of benzene rings is 1. The first-order chi connectivity index (χ1) is 7.28. The Kier molecular flexibility index (Phi) is 9.70. The Morgan fingerprint density at radius 2 is 1.27 bits per heavy atom. The van der Waals surface area contributed by atoms with Crippen molar-refractivity contribution in [1.29, 1.82) is 0 Å². The molecule has 0 atom stereocenters. The first-order valence-corrected chi connectivity index (χ1v) is 11.3. The van der Waals surface area contributed by atoms with Crippen molar-refractivity contribution in [1.82, 2.24) is 0 Å². The van der Waals surface area contributed by atoms with Gasteiger partial charge in [0, 0.05) is 0 Å². The molecule has 0 saturated carbocycles. The van der Waals surface area contributed by atoms with Crippen molar-refractivity contribution in [2.24, 2.45) is 0 Å². The van der Waals surface area contributed by atoms with E-state index in [0.29, 0.717) is 0 Å². The Morgan fingerprint density at radius 1 is 0.933 bits per heavy atom. The molecule has 1 aromatic carbocycles. The second kappa shape index (κ2) is 10.0. The quantitative estimate of drug-likeness (QED) is 0.737. The minimum atomic E-state index is -0.0578. The van der Waals surface area contributed by atoms with Gasteiger partial charge in [-0.3, -0.25) is 0 Å². The van der Waals surface area contributed by atoms with Crippen LogP contribution in [0.2, 0.25) is 8.87 Å². The van der Waals surface area contributed by atoms with E-state index in [1.54, 1.807) is 8.87 Å².